The minimum atomic E-state index is -3.84. The molecule has 0 atom stereocenters. The van der Waals surface area contributed by atoms with Crippen molar-refractivity contribution in [3.8, 4) is 0 Å². The molecule has 0 heterocycles. The van der Waals surface area contributed by atoms with Crippen LogP contribution in [-0.2, 0) is 21.2 Å². The first-order valence-corrected chi connectivity index (χ1v) is 8.28. The third kappa shape index (κ3) is 4.37. The van der Waals surface area contributed by atoms with Gasteiger partial charge < -0.3 is 9.90 Å². The summed E-state index contributed by atoms with van der Waals surface area (Å²) in [5.41, 5.74) is 0.798. The Kier molecular flexibility index (Phi) is 4.95. The van der Waals surface area contributed by atoms with Crippen molar-refractivity contribution in [2.75, 3.05) is 4.72 Å². The van der Waals surface area contributed by atoms with E-state index < -0.39 is 16.0 Å². The van der Waals surface area contributed by atoms with Gasteiger partial charge in [0.25, 0.3) is 10.0 Å². The first-order chi connectivity index (χ1) is 10.3. The molecule has 2 aromatic rings. The average molecular weight is 359 g/mol. The third-order valence-corrected chi connectivity index (χ3v) is 4.50. The number of carbonyl (C=O) groups is 1. The predicted octanol–water partition coefficient (Wildman–Crippen LogP) is 2.09. The third-order valence-electron chi connectivity index (χ3n) is 2.70. The second-order valence-corrected chi connectivity index (χ2v) is 7.01. The SMILES string of the molecule is O=C([O-])Cc1ccc(NS(=O)(=O)c2cc(Cl)cc(Cl)c2)cc1. The molecule has 0 radical (unpaired) electrons. The maximum Gasteiger partial charge on any atom is 0.261 e. The van der Waals surface area contributed by atoms with E-state index in [9.17, 15) is 18.3 Å². The normalized spacial score (nSPS) is 11.2. The van der Waals surface area contributed by atoms with Gasteiger partial charge >= 0.3 is 0 Å². The molecule has 0 aliphatic heterocycles. The number of anilines is 1. The average Bonchev–Trinajstić information content (AvgIpc) is 2.39. The molecule has 22 heavy (non-hydrogen) atoms. The number of carbonyl (C=O) groups excluding carboxylic acids is 1. The second kappa shape index (κ2) is 6.56. The molecule has 2 rings (SSSR count). The number of rotatable bonds is 5. The quantitative estimate of drug-likeness (QED) is 0.886. The lowest BCUT2D eigenvalue weighted by Crippen LogP contribution is -2.24. The molecule has 8 heteroatoms. The van der Waals surface area contributed by atoms with E-state index in [-0.39, 0.29) is 27.0 Å². The Bertz CT molecular complexity index is 784. The van der Waals surface area contributed by atoms with Crippen LogP contribution < -0.4 is 9.83 Å². The Morgan fingerprint density at radius 3 is 2.09 bits per heavy atom. The van der Waals surface area contributed by atoms with Crippen molar-refractivity contribution >= 4 is 44.9 Å². The number of aliphatic carboxylic acids is 1. The van der Waals surface area contributed by atoms with Crippen molar-refractivity contribution in [3.63, 3.8) is 0 Å². The molecular formula is C14H10Cl2NO4S-. The van der Waals surface area contributed by atoms with Crippen molar-refractivity contribution in [2.45, 2.75) is 11.3 Å². The standard InChI is InChI=1S/C14H11Cl2NO4S/c15-10-6-11(16)8-13(7-10)22(20,21)17-12-3-1-9(2-4-12)5-14(18)19/h1-4,6-8,17H,5H2,(H,18,19)/p-1. The molecular weight excluding hydrogens is 349 g/mol. The number of carboxylic acid groups (broad SMARTS) is 1. The molecule has 5 nitrogen and oxygen atoms in total. The molecule has 0 unspecified atom stereocenters. The Morgan fingerprint density at radius 2 is 1.59 bits per heavy atom. The van der Waals surface area contributed by atoms with E-state index in [4.69, 9.17) is 23.2 Å². The van der Waals surface area contributed by atoms with Crippen molar-refractivity contribution in [1.82, 2.24) is 0 Å². The summed E-state index contributed by atoms with van der Waals surface area (Å²) in [5.74, 6) is -1.21. The molecule has 116 valence electrons. The molecule has 0 aliphatic rings. The van der Waals surface area contributed by atoms with Crippen LogP contribution in [0.3, 0.4) is 0 Å². The predicted molar refractivity (Wildman–Crippen MR) is 82.4 cm³/mol. The van der Waals surface area contributed by atoms with Crippen LogP contribution in [0, 0.1) is 0 Å². The number of halogens is 2. The van der Waals surface area contributed by atoms with Crippen LogP contribution in [0.5, 0.6) is 0 Å². The van der Waals surface area contributed by atoms with E-state index in [2.05, 4.69) is 4.72 Å². The second-order valence-electron chi connectivity index (χ2n) is 4.46. The van der Waals surface area contributed by atoms with Gasteiger partial charge in [-0.25, -0.2) is 8.42 Å². The minimum absolute atomic E-state index is 0.0659. The van der Waals surface area contributed by atoms with Crippen LogP contribution in [0.2, 0.25) is 10.0 Å². The van der Waals surface area contributed by atoms with Gasteiger partial charge in [-0.05, 0) is 35.9 Å². The fourth-order valence-electron chi connectivity index (χ4n) is 1.76. The summed E-state index contributed by atoms with van der Waals surface area (Å²) in [6.07, 6.45) is -0.239. The first-order valence-electron chi connectivity index (χ1n) is 6.04. The molecule has 0 spiro atoms. The summed E-state index contributed by atoms with van der Waals surface area (Å²) in [6.45, 7) is 0. The van der Waals surface area contributed by atoms with Crippen LogP contribution in [0.15, 0.2) is 47.4 Å². The summed E-state index contributed by atoms with van der Waals surface area (Å²) < 4.78 is 26.8. The molecule has 0 bridgehead atoms. The Morgan fingerprint density at radius 1 is 1.05 bits per heavy atom. The summed E-state index contributed by atoms with van der Waals surface area (Å²) >= 11 is 11.6. The zero-order valence-electron chi connectivity index (χ0n) is 11.0. The van der Waals surface area contributed by atoms with Gasteiger partial charge in [-0.3, -0.25) is 4.72 Å². The molecule has 2 aromatic carbocycles. The minimum Gasteiger partial charge on any atom is -0.550 e. The van der Waals surface area contributed by atoms with Gasteiger partial charge in [0.2, 0.25) is 0 Å². The first kappa shape index (κ1) is 16.6. The highest BCUT2D eigenvalue weighted by atomic mass is 35.5. The molecule has 0 aromatic heterocycles. The van der Waals surface area contributed by atoms with Gasteiger partial charge in [-0.1, -0.05) is 35.3 Å². The number of hydrogen-bond acceptors (Lipinski definition) is 4. The zero-order valence-corrected chi connectivity index (χ0v) is 13.4. The molecule has 1 N–H and O–H groups in total. The van der Waals surface area contributed by atoms with Crippen molar-refractivity contribution in [1.29, 1.82) is 0 Å². The van der Waals surface area contributed by atoms with Crippen molar-refractivity contribution in [3.05, 3.63) is 58.1 Å². The van der Waals surface area contributed by atoms with E-state index in [1.807, 2.05) is 0 Å². The molecule has 0 saturated carbocycles. The van der Waals surface area contributed by atoms with Crippen LogP contribution >= 0.6 is 23.2 Å². The Labute approximate surface area is 137 Å². The van der Waals surface area contributed by atoms with Gasteiger partial charge in [0.05, 0.1) is 4.90 Å². The topological polar surface area (TPSA) is 86.3 Å². The van der Waals surface area contributed by atoms with E-state index in [1.54, 1.807) is 0 Å². The van der Waals surface area contributed by atoms with Gasteiger partial charge in [-0.15, -0.1) is 0 Å². The van der Waals surface area contributed by atoms with Crippen LogP contribution in [0.25, 0.3) is 0 Å². The number of carboxylic acids is 1. The summed E-state index contributed by atoms with van der Waals surface area (Å²) in [6, 6.07) is 9.90. The van der Waals surface area contributed by atoms with Crippen LogP contribution in [0.4, 0.5) is 5.69 Å². The summed E-state index contributed by atoms with van der Waals surface area (Å²) in [4.78, 5) is 10.4. The van der Waals surface area contributed by atoms with Crippen LogP contribution in [-0.4, -0.2) is 14.4 Å². The van der Waals surface area contributed by atoms with Crippen molar-refractivity contribution < 1.29 is 18.3 Å². The number of sulfonamides is 1. The number of benzene rings is 2. The summed E-state index contributed by atoms with van der Waals surface area (Å²) in [5, 5.41) is 10.9. The maximum atomic E-state index is 12.2. The monoisotopic (exact) mass is 358 g/mol. The largest absolute Gasteiger partial charge is 0.550 e. The smallest absolute Gasteiger partial charge is 0.261 e. The zero-order chi connectivity index (χ0) is 16.3. The number of hydrogen-bond donors (Lipinski definition) is 1. The molecule has 0 saturated heterocycles. The lowest BCUT2D eigenvalue weighted by molar-refractivity contribution is -0.304. The van der Waals surface area contributed by atoms with Gasteiger partial charge in [-0.2, -0.15) is 0 Å². The highest BCUT2D eigenvalue weighted by Crippen LogP contribution is 2.24. The lowest BCUT2D eigenvalue weighted by atomic mass is 10.1. The fourth-order valence-corrected chi connectivity index (χ4v) is 3.54. The van der Waals surface area contributed by atoms with Gasteiger partial charge in [0.1, 0.15) is 0 Å². The molecule has 0 fully saturated rings. The maximum absolute atomic E-state index is 12.2. The molecule has 0 amide bonds. The van der Waals surface area contributed by atoms with E-state index >= 15 is 0 Å². The summed E-state index contributed by atoms with van der Waals surface area (Å²) in [7, 11) is -3.84. The fraction of sp³-hybridized carbons (Fsp3) is 0.0714. The van der Waals surface area contributed by atoms with E-state index in [0.717, 1.165) is 0 Å². The van der Waals surface area contributed by atoms with E-state index in [1.165, 1.54) is 42.5 Å². The van der Waals surface area contributed by atoms with Crippen molar-refractivity contribution in [2.24, 2.45) is 0 Å². The number of nitrogens with one attached hydrogen (secondary N) is 1. The van der Waals surface area contributed by atoms with Gasteiger partial charge in [0, 0.05) is 28.1 Å². The van der Waals surface area contributed by atoms with E-state index in [0.29, 0.717) is 5.56 Å². The highest BCUT2D eigenvalue weighted by Gasteiger charge is 2.15. The van der Waals surface area contributed by atoms with Crippen LogP contribution in [0.1, 0.15) is 5.56 Å². The Balaban J connectivity index is 2.23. The lowest BCUT2D eigenvalue weighted by Gasteiger charge is -2.10. The molecule has 0 aliphatic carbocycles. The highest BCUT2D eigenvalue weighted by molar-refractivity contribution is 7.92. The Hall–Kier alpha value is -1.76. The van der Waals surface area contributed by atoms with Gasteiger partial charge in [0.15, 0.2) is 0 Å².